The lowest BCUT2D eigenvalue weighted by molar-refractivity contribution is -0.198. The Labute approximate surface area is 79.2 Å². The van der Waals surface area contributed by atoms with E-state index in [0.29, 0.717) is 0 Å². The topological polar surface area (TPSA) is 52.6 Å². The molecular formula is C6H9F3O4P+. The van der Waals surface area contributed by atoms with Crippen LogP contribution in [0.2, 0.25) is 0 Å². The highest BCUT2D eigenvalue weighted by atomic mass is 31.1. The minimum atomic E-state index is -4.88. The summed E-state index contributed by atoms with van der Waals surface area (Å²) in [6.07, 6.45) is -4.88. The zero-order valence-corrected chi connectivity index (χ0v) is 8.39. The standard InChI is InChI=1S/C6H9F3O4P/c1-3-12-14(11)5(6(7,8)9)13-4(2)10/h5H,3H2,1-2H3/q+1. The molecule has 0 fully saturated rings. The van der Waals surface area contributed by atoms with E-state index in [2.05, 4.69) is 9.26 Å². The Kier molecular flexibility index (Phi) is 5.01. The fraction of sp³-hybridized carbons (Fsp3) is 0.833. The first-order chi connectivity index (χ1) is 6.29. The molecule has 8 heteroatoms. The van der Waals surface area contributed by atoms with Gasteiger partial charge in [0.15, 0.2) is 0 Å². The molecule has 0 aromatic heterocycles. The Morgan fingerprint density at radius 1 is 1.50 bits per heavy atom. The van der Waals surface area contributed by atoms with E-state index in [0.717, 1.165) is 6.92 Å². The Bertz CT molecular complexity index is 228. The van der Waals surface area contributed by atoms with Crippen molar-refractivity contribution in [2.75, 3.05) is 6.61 Å². The van der Waals surface area contributed by atoms with Gasteiger partial charge in [0.1, 0.15) is 0 Å². The Balaban J connectivity index is 4.55. The molecule has 0 aliphatic carbocycles. The first-order valence-electron chi connectivity index (χ1n) is 3.62. The van der Waals surface area contributed by atoms with Gasteiger partial charge in [0.25, 0.3) is 0 Å². The summed E-state index contributed by atoms with van der Waals surface area (Å²) in [7, 11) is -3.08. The van der Waals surface area contributed by atoms with Crippen LogP contribution in [0.5, 0.6) is 0 Å². The van der Waals surface area contributed by atoms with Crippen LogP contribution in [0.25, 0.3) is 0 Å². The summed E-state index contributed by atoms with van der Waals surface area (Å²) < 4.78 is 55.3. The molecule has 0 saturated carbocycles. The maximum atomic E-state index is 12.1. The van der Waals surface area contributed by atoms with Crippen molar-refractivity contribution in [1.29, 1.82) is 0 Å². The summed E-state index contributed by atoms with van der Waals surface area (Å²) in [4.78, 5) is 10.3. The quantitative estimate of drug-likeness (QED) is 0.551. The second-order valence-corrected chi connectivity index (χ2v) is 3.50. The number of rotatable bonds is 4. The van der Waals surface area contributed by atoms with E-state index in [-0.39, 0.29) is 6.61 Å². The Morgan fingerprint density at radius 3 is 2.29 bits per heavy atom. The predicted molar refractivity (Wildman–Crippen MR) is 40.8 cm³/mol. The van der Waals surface area contributed by atoms with E-state index < -0.39 is 26.0 Å². The van der Waals surface area contributed by atoms with Crippen LogP contribution in [0.4, 0.5) is 13.2 Å². The summed E-state index contributed by atoms with van der Waals surface area (Å²) in [5.41, 5.74) is 0. The first-order valence-corrected chi connectivity index (χ1v) is 4.87. The third kappa shape index (κ3) is 4.53. The number of hydrogen-bond acceptors (Lipinski definition) is 4. The Hall–Kier alpha value is -0.680. The molecule has 0 heterocycles. The van der Waals surface area contributed by atoms with Gasteiger partial charge in [-0.05, 0) is 11.5 Å². The van der Waals surface area contributed by atoms with Crippen molar-refractivity contribution in [3.05, 3.63) is 0 Å². The lowest BCUT2D eigenvalue weighted by Gasteiger charge is -2.09. The number of esters is 1. The van der Waals surface area contributed by atoms with Crippen molar-refractivity contribution in [2.24, 2.45) is 0 Å². The van der Waals surface area contributed by atoms with Crippen molar-refractivity contribution in [2.45, 2.75) is 25.9 Å². The average Bonchev–Trinajstić information content (AvgIpc) is 1.98. The fourth-order valence-electron chi connectivity index (χ4n) is 0.582. The van der Waals surface area contributed by atoms with E-state index in [1.54, 1.807) is 0 Å². The molecule has 2 unspecified atom stereocenters. The van der Waals surface area contributed by atoms with Crippen LogP contribution < -0.4 is 0 Å². The second kappa shape index (κ2) is 5.26. The molecule has 82 valence electrons. The van der Waals surface area contributed by atoms with Gasteiger partial charge in [-0.2, -0.15) is 13.2 Å². The maximum Gasteiger partial charge on any atom is 0.563 e. The minimum Gasteiger partial charge on any atom is -0.407 e. The molecule has 0 rings (SSSR count). The van der Waals surface area contributed by atoms with Gasteiger partial charge in [0.2, 0.25) is 0 Å². The predicted octanol–water partition coefficient (Wildman–Crippen LogP) is 2.22. The molecule has 0 aromatic carbocycles. The number of carbonyl (C=O) groups is 1. The van der Waals surface area contributed by atoms with Crippen LogP contribution in [0.1, 0.15) is 13.8 Å². The molecular weight excluding hydrogens is 224 g/mol. The van der Waals surface area contributed by atoms with E-state index in [4.69, 9.17) is 0 Å². The molecule has 2 atom stereocenters. The van der Waals surface area contributed by atoms with E-state index >= 15 is 0 Å². The number of alkyl halides is 3. The smallest absolute Gasteiger partial charge is 0.407 e. The van der Waals surface area contributed by atoms with Crippen molar-refractivity contribution in [3.8, 4) is 0 Å². The van der Waals surface area contributed by atoms with Gasteiger partial charge in [-0.1, -0.05) is 0 Å². The summed E-state index contributed by atoms with van der Waals surface area (Å²) in [5, 5.41) is 0. The highest BCUT2D eigenvalue weighted by Crippen LogP contribution is 2.41. The van der Waals surface area contributed by atoms with E-state index in [1.807, 2.05) is 0 Å². The first kappa shape index (κ1) is 13.3. The van der Waals surface area contributed by atoms with Gasteiger partial charge in [-0.3, -0.25) is 4.79 Å². The van der Waals surface area contributed by atoms with Crippen LogP contribution >= 0.6 is 8.03 Å². The largest absolute Gasteiger partial charge is 0.563 e. The van der Waals surface area contributed by atoms with Crippen molar-refractivity contribution in [3.63, 3.8) is 0 Å². The number of carbonyl (C=O) groups excluding carboxylic acids is 1. The van der Waals surface area contributed by atoms with Crippen LogP contribution in [0.15, 0.2) is 0 Å². The third-order valence-corrected chi connectivity index (χ3v) is 2.30. The third-order valence-electron chi connectivity index (χ3n) is 1.01. The van der Waals surface area contributed by atoms with Gasteiger partial charge in [0.05, 0.1) is 6.61 Å². The molecule has 0 saturated heterocycles. The van der Waals surface area contributed by atoms with E-state index in [9.17, 15) is 22.5 Å². The zero-order valence-electron chi connectivity index (χ0n) is 7.50. The van der Waals surface area contributed by atoms with Crippen molar-refractivity contribution < 1.29 is 31.8 Å². The molecule has 0 aliphatic heterocycles. The second-order valence-electron chi connectivity index (χ2n) is 2.21. The minimum absolute atomic E-state index is 0.150. The van der Waals surface area contributed by atoms with Gasteiger partial charge in [0, 0.05) is 6.92 Å². The molecule has 0 spiro atoms. The number of halogens is 3. The van der Waals surface area contributed by atoms with Gasteiger partial charge in [-0.25, -0.2) is 0 Å². The monoisotopic (exact) mass is 233 g/mol. The molecule has 0 aromatic rings. The summed E-state index contributed by atoms with van der Waals surface area (Å²) in [6.45, 7) is 2.03. The highest BCUT2D eigenvalue weighted by molar-refractivity contribution is 7.39. The molecule has 0 N–H and O–H groups in total. The molecule has 0 bridgehead atoms. The lowest BCUT2D eigenvalue weighted by atomic mass is 10.7. The number of ether oxygens (including phenoxy) is 1. The van der Waals surface area contributed by atoms with Gasteiger partial charge < -0.3 is 4.74 Å². The molecule has 4 nitrogen and oxygen atoms in total. The summed E-state index contributed by atoms with van der Waals surface area (Å²) >= 11 is 0. The van der Waals surface area contributed by atoms with Crippen LogP contribution in [0, 0.1) is 0 Å². The van der Waals surface area contributed by atoms with Crippen LogP contribution in [0.3, 0.4) is 0 Å². The molecule has 0 radical (unpaired) electrons. The Morgan fingerprint density at radius 2 is 2.00 bits per heavy atom. The van der Waals surface area contributed by atoms with Crippen LogP contribution in [-0.4, -0.2) is 24.6 Å². The summed E-state index contributed by atoms with van der Waals surface area (Å²) in [5.74, 6) is -3.84. The normalized spacial score (nSPS) is 14.8. The average molecular weight is 233 g/mol. The molecule has 14 heavy (non-hydrogen) atoms. The zero-order chi connectivity index (χ0) is 11.4. The SMILES string of the molecule is CCO[P+](=O)C(OC(C)=O)C(F)(F)F. The number of hydrogen-bond donors (Lipinski definition) is 0. The molecule has 0 aliphatic rings. The van der Waals surface area contributed by atoms with Crippen molar-refractivity contribution in [1.82, 2.24) is 0 Å². The highest BCUT2D eigenvalue weighted by Gasteiger charge is 2.58. The maximum absolute atomic E-state index is 12.1. The molecule has 0 amide bonds. The lowest BCUT2D eigenvalue weighted by Crippen LogP contribution is -2.30. The van der Waals surface area contributed by atoms with Crippen LogP contribution in [-0.2, 0) is 18.6 Å². The summed E-state index contributed by atoms with van der Waals surface area (Å²) in [6, 6.07) is 0. The van der Waals surface area contributed by atoms with Gasteiger partial charge >= 0.3 is 26.0 Å². The van der Waals surface area contributed by atoms with Crippen molar-refractivity contribution >= 4 is 14.0 Å². The van der Waals surface area contributed by atoms with Gasteiger partial charge in [-0.15, -0.1) is 4.52 Å². The van der Waals surface area contributed by atoms with E-state index in [1.165, 1.54) is 6.92 Å². The fourth-order valence-corrected chi connectivity index (χ4v) is 1.44.